The van der Waals surface area contributed by atoms with E-state index in [0.717, 1.165) is 94.7 Å². The molecule has 4 aliphatic rings. The lowest BCUT2D eigenvalue weighted by Gasteiger charge is -2.26. The molecule has 14 heteroatoms. The third kappa shape index (κ3) is 7.02. The van der Waals surface area contributed by atoms with Crippen LogP contribution in [0.25, 0.3) is 22.3 Å². The monoisotopic (exact) mass is 828 g/mol. The number of aromatic nitrogens is 2. The Kier molecular flexibility index (Phi) is 11.6. The summed E-state index contributed by atoms with van der Waals surface area (Å²) in [5.74, 6) is -0.442. The van der Waals surface area contributed by atoms with Crippen molar-refractivity contribution in [2.75, 3.05) is 0 Å². The molecular weight excluding hydrogens is 790 g/mol. The average molecular weight is 831 g/mol. The van der Waals surface area contributed by atoms with Crippen molar-refractivity contribution in [1.82, 2.24) is 19.8 Å². The molecule has 56 heavy (non-hydrogen) atoms. The van der Waals surface area contributed by atoms with Gasteiger partial charge in [0.2, 0.25) is 0 Å². The summed E-state index contributed by atoms with van der Waals surface area (Å²) in [7, 11) is 0. The maximum Gasteiger partial charge on any atom is 0.257 e. The van der Waals surface area contributed by atoms with E-state index in [2.05, 4.69) is 22.1 Å². The van der Waals surface area contributed by atoms with Crippen LogP contribution in [0.15, 0.2) is 36.4 Å². The Labute approximate surface area is 346 Å². The lowest BCUT2D eigenvalue weighted by atomic mass is 9.93. The first-order valence-corrected chi connectivity index (χ1v) is 20.2. The fraction of sp³-hybridized carbons (Fsp3) is 0.381. The van der Waals surface area contributed by atoms with E-state index in [1.54, 1.807) is 24.3 Å². The third-order valence-corrected chi connectivity index (χ3v) is 12.7. The minimum absolute atomic E-state index is 0.0677. The predicted octanol–water partition coefficient (Wildman–Crippen LogP) is 8.94. The standard InChI is InChI=1S/2C21H20Cl2N4O/c2*1-11-15(9-25)19(14-6-5-13(22)7-16(14)23)20-17(26-11)10-27(21(20)28)18-4-2-3-12(18)8-24/h2*5-7,12,18H,2-4,9-10,25H2,1H3/t2*12-,18?/m11/s1. The number of amides is 2. The first-order valence-electron chi connectivity index (χ1n) is 18.7. The molecule has 0 radical (unpaired) electrons. The lowest BCUT2D eigenvalue weighted by molar-refractivity contribution is 0.0675. The van der Waals surface area contributed by atoms with Crippen molar-refractivity contribution in [3.8, 4) is 34.4 Å². The molecule has 288 valence electrons. The van der Waals surface area contributed by atoms with Crippen molar-refractivity contribution in [2.45, 2.75) is 90.6 Å². The minimum atomic E-state index is -0.129. The number of halogens is 4. The van der Waals surface area contributed by atoms with Crippen LogP contribution in [-0.2, 0) is 26.2 Å². The van der Waals surface area contributed by atoms with Gasteiger partial charge in [-0.05, 0) is 87.8 Å². The third-order valence-electron chi connectivity index (χ3n) is 11.6. The maximum absolute atomic E-state index is 13.5. The Hall–Kier alpha value is -4.26. The van der Waals surface area contributed by atoms with E-state index in [0.29, 0.717) is 44.3 Å². The Balaban J connectivity index is 0.000000172. The average Bonchev–Trinajstić information content (AvgIpc) is 3.97. The normalized spacial score (nSPS) is 21.1. The van der Waals surface area contributed by atoms with Gasteiger partial charge in [0.1, 0.15) is 0 Å². The van der Waals surface area contributed by atoms with Gasteiger partial charge in [0.05, 0.1) is 59.6 Å². The quantitative estimate of drug-likeness (QED) is 0.194. The molecule has 2 aliphatic heterocycles. The molecule has 2 aromatic heterocycles. The van der Waals surface area contributed by atoms with Gasteiger partial charge in [-0.25, -0.2) is 0 Å². The molecule has 2 aromatic carbocycles. The van der Waals surface area contributed by atoms with E-state index >= 15 is 0 Å². The van der Waals surface area contributed by atoms with Gasteiger partial charge in [0.25, 0.3) is 11.8 Å². The first kappa shape index (κ1) is 40.0. The highest BCUT2D eigenvalue weighted by molar-refractivity contribution is 6.37. The van der Waals surface area contributed by atoms with Crippen LogP contribution in [0.4, 0.5) is 0 Å². The zero-order chi connectivity index (χ0) is 40.0. The summed E-state index contributed by atoms with van der Waals surface area (Å²) >= 11 is 25.1. The van der Waals surface area contributed by atoms with Crippen molar-refractivity contribution in [3.63, 3.8) is 0 Å². The summed E-state index contributed by atoms with van der Waals surface area (Å²) in [5.41, 5.74) is 20.8. The number of rotatable bonds is 6. The molecule has 4 aromatic rings. The van der Waals surface area contributed by atoms with Gasteiger partial charge in [-0.15, -0.1) is 0 Å². The fourth-order valence-electron chi connectivity index (χ4n) is 8.99. The summed E-state index contributed by atoms with van der Waals surface area (Å²) in [6.45, 7) is 5.13. The number of nitrogens with zero attached hydrogens (tertiary/aromatic N) is 6. The molecule has 4 heterocycles. The van der Waals surface area contributed by atoms with Crippen molar-refractivity contribution in [1.29, 1.82) is 10.5 Å². The minimum Gasteiger partial charge on any atom is -0.328 e. The van der Waals surface area contributed by atoms with Crippen LogP contribution in [0.2, 0.25) is 20.1 Å². The Morgan fingerprint density at radius 1 is 0.661 bits per heavy atom. The number of hydrogen-bond acceptors (Lipinski definition) is 8. The van der Waals surface area contributed by atoms with Gasteiger partial charge >= 0.3 is 0 Å². The van der Waals surface area contributed by atoms with Gasteiger partial charge in [0.15, 0.2) is 0 Å². The molecule has 0 spiro atoms. The number of aryl methyl sites for hydroxylation is 2. The summed E-state index contributed by atoms with van der Waals surface area (Å²) in [5, 5.41) is 20.9. The van der Waals surface area contributed by atoms with Gasteiger partial charge in [-0.3, -0.25) is 19.6 Å². The van der Waals surface area contributed by atoms with Crippen molar-refractivity contribution in [2.24, 2.45) is 23.3 Å². The molecule has 0 saturated heterocycles. The van der Waals surface area contributed by atoms with Gasteiger partial charge in [-0.2, -0.15) is 10.5 Å². The van der Waals surface area contributed by atoms with Crippen molar-refractivity contribution < 1.29 is 9.59 Å². The van der Waals surface area contributed by atoms with Crippen molar-refractivity contribution >= 4 is 58.2 Å². The lowest BCUT2D eigenvalue weighted by Crippen LogP contribution is -2.37. The molecule has 10 nitrogen and oxygen atoms in total. The van der Waals surface area contributed by atoms with Crippen LogP contribution in [0, 0.1) is 48.3 Å². The van der Waals surface area contributed by atoms with Crippen LogP contribution >= 0.6 is 46.4 Å². The number of pyridine rings is 2. The molecule has 0 bridgehead atoms. The highest BCUT2D eigenvalue weighted by Gasteiger charge is 2.43. The zero-order valence-electron chi connectivity index (χ0n) is 31.0. The molecule has 4 N–H and O–H groups in total. The van der Waals surface area contributed by atoms with E-state index in [1.807, 2.05) is 35.8 Å². The topological polar surface area (TPSA) is 166 Å². The Morgan fingerprint density at radius 2 is 1.05 bits per heavy atom. The zero-order valence-corrected chi connectivity index (χ0v) is 34.0. The summed E-state index contributed by atoms with van der Waals surface area (Å²) < 4.78 is 0. The number of carbonyl (C=O) groups excluding carboxylic acids is 2. The number of nitrogens with two attached hydrogens (primary N) is 2. The second-order valence-corrected chi connectivity index (χ2v) is 16.4. The van der Waals surface area contributed by atoms with E-state index in [4.69, 9.17) is 57.9 Å². The molecule has 2 unspecified atom stereocenters. The second-order valence-electron chi connectivity index (χ2n) is 14.7. The summed E-state index contributed by atoms with van der Waals surface area (Å²) in [6, 6.07) is 15.1. The highest BCUT2D eigenvalue weighted by Crippen LogP contribution is 2.44. The molecule has 4 atom stereocenters. The van der Waals surface area contributed by atoms with E-state index < -0.39 is 0 Å². The Bertz CT molecular complexity index is 2190. The van der Waals surface area contributed by atoms with Gasteiger partial charge in [0, 0.05) is 78.9 Å². The van der Waals surface area contributed by atoms with Crippen LogP contribution in [0.5, 0.6) is 0 Å². The Morgan fingerprint density at radius 3 is 1.39 bits per heavy atom. The number of hydrogen-bond donors (Lipinski definition) is 2. The van der Waals surface area contributed by atoms with E-state index in [9.17, 15) is 20.1 Å². The molecule has 2 amide bonds. The molecule has 8 rings (SSSR count). The SMILES string of the molecule is Cc1nc2c(c(-c3ccc(Cl)cc3Cl)c1CN)C(=O)N(C1CCC[C@@H]1C#N)C2.Cc1nc2c(c(-c3ccc(Cl)cc3Cl)c1CN)C(=O)N(C1CCC[C@@H]1C#N)C2. The molecular formula is C42H40Cl4N8O2. The molecule has 2 saturated carbocycles. The summed E-state index contributed by atoms with van der Waals surface area (Å²) in [4.78, 5) is 39.9. The van der Waals surface area contributed by atoms with Crippen LogP contribution < -0.4 is 11.5 Å². The predicted molar refractivity (Wildman–Crippen MR) is 218 cm³/mol. The smallest absolute Gasteiger partial charge is 0.257 e. The van der Waals surface area contributed by atoms with E-state index in [-0.39, 0.29) is 48.8 Å². The van der Waals surface area contributed by atoms with Crippen molar-refractivity contribution in [3.05, 3.63) is 102 Å². The van der Waals surface area contributed by atoms with Crippen LogP contribution in [0.1, 0.15) is 93.1 Å². The number of carbonyl (C=O) groups is 2. The van der Waals surface area contributed by atoms with Crippen LogP contribution in [0.3, 0.4) is 0 Å². The van der Waals surface area contributed by atoms with E-state index in [1.165, 1.54) is 0 Å². The van der Waals surface area contributed by atoms with Gasteiger partial charge in [-0.1, -0.05) is 58.5 Å². The van der Waals surface area contributed by atoms with Crippen LogP contribution in [-0.4, -0.2) is 43.7 Å². The maximum atomic E-state index is 13.5. The highest BCUT2D eigenvalue weighted by atomic mass is 35.5. The fourth-order valence-corrected chi connectivity index (χ4v) is 10.00. The second kappa shape index (κ2) is 16.3. The molecule has 2 fully saturated rings. The first-order chi connectivity index (χ1) is 26.9. The molecule has 2 aliphatic carbocycles. The largest absolute Gasteiger partial charge is 0.328 e. The number of benzene rings is 2. The number of nitriles is 2. The summed E-state index contributed by atoms with van der Waals surface area (Å²) in [6.07, 6.45) is 5.27. The van der Waals surface area contributed by atoms with Gasteiger partial charge < -0.3 is 21.3 Å². The number of fused-ring (bicyclic) bond motifs is 2.